The first kappa shape index (κ1) is 20.1. The van der Waals surface area contributed by atoms with Crippen LogP contribution in [0.5, 0.6) is 0 Å². The monoisotopic (exact) mass is 440 g/mol. The second kappa shape index (κ2) is 8.72. The summed E-state index contributed by atoms with van der Waals surface area (Å²) in [6, 6.07) is 25.2. The van der Waals surface area contributed by atoms with Gasteiger partial charge in [-0.25, -0.2) is 0 Å². The van der Waals surface area contributed by atoms with Crippen LogP contribution in [0.1, 0.15) is 16.4 Å². The number of hydrogen-bond donors (Lipinski definition) is 2. The number of carbonyl (C=O) groups excluding carboxylic acids is 1. The zero-order valence-electron chi connectivity index (χ0n) is 17.3. The lowest BCUT2D eigenvalue weighted by atomic mass is 10.1. The molecule has 6 nitrogen and oxygen atoms in total. The Labute approximate surface area is 189 Å². The van der Waals surface area contributed by atoms with Crippen molar-refractivity contribution in [2.24, 2.45) is 0 Å². The Balaban J connectivity index is 1.42. The van der Waals surface area contributed by atoms with Crippen LogP contribution < -0.4 is 5.32 Å². The van der Waals surface area contributed by atoms with Crippen molar-refractivity contribution in [2.45, 2.75) is 17.4 Å². The topological polar surface area (TPSA) is 83.8 Å². The molecule has 0 bridgehead atoms. The average Bonchev–Trinajstić information content (AvgIpc) is 3.46. The van der Waals surface area contributed by atoms with Gasteiger partial charge in [0.25, 0.3) is 11.1 Å². The molecule has 0 saturated heterocycles. The van der Waals surface area contributed by atoms with Gasteiger partial charge in [0.1, 0.15) is 5.25 Å². The third-order valence-electron chi connectivity index (χ3n) is 5.10. The lowest BCUT2D eigenvalue weighted by Gasteiger charge is -2.15. The predicted molar refractivity (Wildman–Crippen MR) is 126 cm³/mol. The molecule has 1 unspecified atom stereocenters. The maximum atomic E-state index is 13.2. The first-order valence-electron chi connectivity index (χ1n) is 10.2. The van der Waals surface area contributed by atoms with Gasteiger partial charge in [-0.1, -0.05) is 66.2 Å². The number of hydrogen-bond acceptors (Lipinski definition) is 5. The van der Waals surface area contributed by atoms with Crippen molar-refractivity contribution in [1.29, 1.82) is 0 Å². The number of benzene rings is 3. The molecule has 2 aromatic heterocycles. The van der Waals surface area contributed by atoms with Crippen molar-refractivity contribution >= 4 is 34.3 Å². The molecule has 5 rings (SSSR count). The standard InChI is InChI=1S/C25H20N4O2S/c1-16-11-13-18(14-12-16)27-23(30)22(17-7-3-2-4-8-17)32-25-29-28-24(31-25)20-15-26-21-10-6-5-9-19(20)21/h2-15,22,26H,1H3,(H,27,30). The third kappa shape index (κ3) is 4.15. The van der Waals surface area contributed by atoms with Crippen molar-refractivity contribution in [2.75, 3.05) is 5.32 Å². The van der Waals surface area contributed by atoms with E-state index in [2.05, 4.69) is 20.5 Å². The van der Waals surface area contributed by atoms with Crippen LogP contribution in [0.4, 0.5) is 5.69 Å². The van der Waals surface area contributed by atoms with Gasteiger partial charge in [0.15, 0.2) is 0 Å². The van der Waals surface area contributed by atoms with E-state index in [4.69, 9.17) is 4.42 Å². The van der Waals surface area contributed by atoms with E-state index in [0.29, 0.717) is 11.1 Å². The summed E-state index contributed by atoms with van der Waals surface area (Å²) in [4.78, 5) is 16.4. The molecule has 0 aliphatic carbocycles. The number of aryl methyl sites for hydroxylation is 1. The normalized spacial score (nSPS) is 12.0. The molecule has 0 radical (unpaired) electrons. The van der Waals surface area contributed by atoms with E-state index in [1.165, 1.54) is 11.8 Å². The van der Waals surface area contributed by atoms with E-state index >= 15 is 0 Å². The quantitative estimate of drug-likeness (QED) is 0.317. The van der Waals surface area contributed by atoms with Crippen LogP contribution in [0.3, 0.4) is 0 Å². The lowest BCUT2D eigenvalue weighted by Crippen LogP contribution is -2.19. The zero-order valence-corrected chi connectivity index (χ0v) is 18.1. The van der Waals surface area contributed by atoms with Gasteiger partial charge in [-0.3, -0.25) is 4.79 Å². The number of nitrogens with zero attached hydrogens (tertiary/aromatic N) is 2. The number of rotatable bonds is 6. The zero-order chi connectivity index (χ0) is 21.9. The Morgan fingerprint density at radius 2 is 1.72 bits per heavy atom. The number of amides is 1. The molecule has 1 atom stereocenters. The average molecular weight is 441 g/mol. The van der Waals surface area contributed by atoms with Gasteiger partial charge in [-0.05, 0) is 42.4 Å². The highest BCUT2D eigenvalue weighted by Gasteiger charge is 2.25. The number of anilines is 1. The number of para-hydroxylation sites is 1. The van der Waals surface area contributed by atoms with Crippen LogP contribution in [0.15, 0.2) is 94.7 Å². The van der Waals surface area contributed by atoms with Crippen molar-refractivity contribution in [3.8, 4) is 11.5 Å². The molecule has 2 N–H and O–H groups in total. The van der Waals surface area contributed by atoms with Crippen molar-refractivity contribution in [3.05, 3.63) is 96.2 Å². The number of nitrogens with one attached hydrogen (secondary N) is 2. The third-order valence-corrected chi connectivity index (χ3v) is 6.19. The summed E-state index contributed by atoms with van der Waals surface area (Å²) in [6.45, 7) is 2.01. The van der Waals surface area contributed by atoms with E-state index in [1.54, 1.807) is 0 Å². The molecule has 7 heteroatoms. The van der Waals surface area contributed by atoms with E-state index in [9.17, 15) is 4.79 Å². The number of aromatic nitrogens is 3. The van der Waals surface area contributed by atoms with Gasteiger partial charge in [-0.2, -0.15) is 0 Å². The lowest BCUT2D eigenvalue weighted by molar-refractivity contribution is -0.115. The number of fused-ring (bicyclic) bond motifs is 1. The molecule has 0 spiro atoms. The molecule has 0 aliphatic heterocycles. The molecule has 3 aromatic carbocycles. The molecule has 2 heterocycles. The minimum absolute atomic E-state index is 0.156. The second-order valence-corrected chi connectivity index (χ2v) is 8.44. The molecule has 5 aromatic rings. The van der Waals surface area contributed by atoms with Crippen molar-refractivity contribution in [3.63, 3.8) is 0 Å². The highest BCUT2D eigenvalue weighted by molar-refractivity contribution is 8.00. The Morgan fingerprint density at radius 1 is 0.969 bits per heavy atom. The minimum atomic E-state index is -0.547. The van der Waals surface area contributed by atoms with Gasteiger partial charge in [0.2, 0.25) is 5.91 Å². The summed E-state index contributed by atoms with van der Waals surface area (Å²) < 4.78 is 5.94. The highest BCUT2D eigenvalue weighted by atomic mass is 32.2. The van der Waals surface area contributed by atoms with E-state index in [0.717, 1.165) is 33.3 Å². The van der Waals surface area contributed by atoms with E-state index < -0.39 is 5.25 Å². The summed E-state index contributed by atoms with van der Waals surface area (Å²) in [5.74, 6) is 0.257. The SMILES string of the molecule is Cc1ccc(NC(=O)C(Sc2nnc(-c3c[nH]c4ccccc34)o2)c2ccccc2)cc1. The first-order valence-corrected chi connectivity index (χ1v) is 11.0. The Hall–Kier alpha value is -3.84. The van der Waals surface area contributed by atoms with Crippen LogP contribution in [0, 0.1) is 6.92 Å². The summed E-state index contributed by atoms with van der Waals surface area (Å²) in [6.07, 6.45) is 1.85. The predicted octanol–water partition coefficient (Wildman–Crippen LogP) is 6.00. The summed E-state index contributed by atoms with van der Waals surface area (Å²) >= 11 is 1.23. The number of carbonyl (C=O) groups is 1. The number of H-pyrrole nitrogens is 1. The highest BCUT2D eigenvalue weighted by Crippen LogP contribution is 2.37. The van der Waals surface area contributed by atoms with Crippen LogP contribution in [0.25, 0.3) is 22.4 Å². The van der Waals surface area contributed by atoms with E-state index in [-0.39, 0.29) is 5.91 Å². The van der Waals surface area contributed by atoms with Gasteiger partial charge in [0.05, 0.1) is 5.56 Å². The van der Waals surface area contributed by atoms with E-state index in [1.807, 2.05) is 92.0 Å². The maximum absolute atomic E-state index is 13.2. The molecular formula is C25H20N4O2S. The Kier molecular flexibility index (Phi) is 5.47. The molecule has 1 amide bonds. The van der Waals surface area contributed by atoms with Crippen molar-refractivity contribution < 1.29 is 9.21 Å². The van der Waals surface area contributed by atoms with Crippen molar-refractivity contribution in [1.82, 2.24) is 15.2 Å². The maximum Gasteiger partial charge on any atom is 0.277 e. The van der Waals surface area contributed by atoms with Crippen LogP contribution in [-0.4, -0.2) is 21.1 Å². The van der Waals surface area contributed by atoms with Crippen LogP contribution in [-0.2, 0) is 4.79 Å². The fraction of sp³-hybridized carbons (Fsp3) is 0.0800. The summed E-state index contributed by atoms with van der Waals surface area (Å²) in [7, 11) is 0. The molecule has 0 fully saturated rings. The minimum Gasteiger partial charge on any atom is -0.411 e. The van der Waals surface area contributed by atoms with Crippen LogP contribution in [0.2, 0.25) is 0 Å². The molecule has 0 saturated carbocycles. The molecule has 0 aliphatic rings. The van der Waals surface area contributed by atoms with Gasteiger partial charge < -0.3 is 14.7 Å². The summed E-state index contributed by atoms with van der Waals surface area (Å²) in [5.41, 5.74) is 4.56. The Morgan fingerprint density at radius 3 is 2.53 bits per heavy atom. The van der Waals surface area contributed by atoms with Crippen LogP contribution >= 0.6 is 11.8 Å². The molecular weight excluding hydrogens is 420 g/mol. The summed E-state index contributed by atoms with van der Waals surface area (Å²) in [5, 5.41) is 12.2. The first-order chi connectivity index (χ1) is 15.7. The smallest absolute Gasteiger partial charge is 0.277 e. The fourth-order valence-corrected chi connectivity index (χ4v) is 4.34. The van der Waals surface area contributed by atoms with Gasteiger partial charge in [-0.15, -0.1) is 10.2 Å². The number of thioether (sulfide) groups is 1. The fourth-order valence-electron chi connectivity index (χ4n) is 3.46. The second-order valence-electron chi connectivity index (χ2n) is 7.38. The largest absolute Gasteiger partial charge is 0.411 e. The molecule has 32 heavy (non-hydrogen) atoms. The number of aromatic amines is 1. The van der Waals surface area contributed by atoms with Gasteiger partial charge >= 0.3 is 0 Å². The Bertz CT molecular complexity index is 1360. The molecule has 158 valence electrons. The van der Waals surface area contributed by atoms with Gasteiger partial charge in [0, 0.05) is 22.8 Å².